The number of hydrogen-bond acceptors (Lipinski definition) is 5. The highest BCUT2D eigenvalue weighted by atomic mass is 32.1. The molecule has 0 unspecified atom stereocenters. The number of aromatic nitrogens is 1. The molecule has 0 atom stereocenters. The van der Waals surface area contributed by atoms with Crippen LogP contribution >= 0.6 is 11.3 Å². The molecule has 2 aromatic rings. The van der Waals surface area contributed by atoms with E-state index in [-0.39, 0.29) is 0 Å². The average molecular weight is 291 g/mol. The van der Waals surface area contributed by atoms with Gasteiger partial charge < -0.3 is 15.3 Å². The maximum absolute atomic E-state index is 11.1. The molecule has 0 saturated carbocycles. The molecule has 20 heavy (non-hydrogen) atoms. The van der Waals surface area contributed by atoms with Crippen LogP contribution in [0.4, 0.5) is 16.5 Å². The van der Waals surface area contributed by atoms with Crippen LogP contribution in [0.25, 0.3) is 0 Å². The maximum atomic E-state index is 11.1. The Morgan fingerprint density at radius 2 is 2.00 bits per heavy atom. The number of carboxylic acid groups (broad SMARTS) is 1. The van der Waals surface area contributed by atoms with Crippen LogP contribution in [0.5, 0.6) is 0 Å². The lowest BCUT2D eigenvalue weighted by Crippen LogP contribution is -2.08. The van der Waals surface area contributed by atoms with E-state index in [9.17, 15) is 4.79 Å². The smallest absolute Gasteiger partial charge is 0.347 e. The van der Waals surface area contributed by atoms with Gasteiger partial charge in [0.25, 0.3) is 0 Å². The fourth-order valence-corrected chi connectivity index (χ4v) is 2.69. The predicted molar refractivity (Wildman–Crippen MR) is 82.5 cm³/mol. The Hall–Kier alpha value is -2.08. The van der Waals surface area contributed by atoms with Gasteiger partial charge in [-0.05, 0) is 30.7 Å². The second-order valence-electron chi connectivity index (χ2n) is 4.52. The molecular formula is C14H17N3O2S. The molecule has 0 aliphatic heterocycles. The van der Waals surface area contributed by atoms with Crippen molar-refractivity contribution >= 4 is 33.8 Å². The van der Waals surface area contributed by atoms with Crippen molar-refractivity contribution in [3.63, 3.8) is 0 Å². The van der Waals surface area contributed by atoms with Gasteiger partial charge in [0.1, 0.15) is 4.88 Å². The summed E-state index contributed by atoms with van der Waals surface area (Å²) in [5, 5.41) is 12.9. The van der Waals surface area contributed by atoms with Gasteiger partial charge >= 0.3 is 5.97 Å². The molecule has 5 nitrogen and oxygen atoms in total. The van der Waals surface area contributed by atoms with Crippen LogP contribution in [0.3, 0.4) is 0 Å². The molecule has 2 N–H and O–H groups in total. The third-order valence-corrected chi connectivity index (χ3v) is 3.86. The number of benzene rings is 1. The number of nitrogens with zero attached hydrogens (tertiary/aromatic N) is 2. The molecule has 0 amide bonds. The van der Waals surface area contributed by atoms with Gasteiger partial charge in [-0.2, -0.15) is 0 Å². The number of nitrogens with one attached hydrogen (secondary N) is 1. The Morgan fingerprint density at radius 1 is 1.35 bits per heavy atom. The third kappa shape index (κ3) is 3.08. The summed E-state index contributed by atoms with van der Waals surface area (Å²) < 4.78 is 0. The lowest BCUT2D eigenvalue weighted by molar-refractivity contribution is 0.0701. The van der Waals surface area contributed by atoms with Crippen LogP contribution in [0.2, 0.25) is 0 Å². The molecule has 0 bridgehead atoms. The summed E-state index contributed by atoms with van der Waals surface area (Å²) >= 11 is 1.17. The Balaban J connectivity index is 2.19. The minimum atomic E-state index is -0.921. The standard InChI is InChI=1S/C14H17N3O2S/c1-4-11-12(13(18)19)20-14(16-11)15-9-5-7-10(8-6-9)17(2)3/h5-8H,4H2,1-3H3,(H,15,16)(H,18,19). The van der Waals surface area contributed by atoms with Crippen molar-refractivity contribution in [2.45, 2.75) is 13.3 Å². The van der Waals surface area contributed by atoms with Gasteiger partial charge in [-0.1, -0.05) is 18.3 Å². The second-order valence-corrected chi connectivity index (χ2v) is 5.52. The van der Waals surface area contributed by atoms with Gasteiger partial charge in [0, 0.05) is 25.5 Å². The highest BCUT2D eigenvalue weighted by Crippen LogP contribution is 2.27. The van der Waals surface area contributed by atoms with Crippen LogP contribution in [-0.2, 0) is 6.42 Å². The van der Waals surface area contributed by atoms with Crippen LogP contribution in [-0.4, -0.2) is 30.2 Å². The molecule has 0 saturated heterocycles. The van der Waals surface area contributed by atoms with Gasteiger partial charge in [0.15, 0.2) is 5.13 Å². The quantitative estimate of drug-likeness (QED) is 0.885. The van der Waals surface area contributed by atoms with E-state index >= 15 is 0 Å². The first-order valence-electron chi connectivity index (χ1n) is 6.28. The van der Waals surface area contributed by atoms with E-state index in [2.05, 4.69) is 10.3 Å². The minimum absolute atomic E-state index is 0.305. The van der Waals surface area contributed by atoms with Gasteiger partial charge in [0.2, 0.25) is 0 Å². The second kappa shape index (κ2) is 5.92. The first-order valence-corrected chi connectivity index (χ1v) is 7.10. The summed E-state index contributed by atoms with van der Waals surface area (Å²) in [5.41, 5.74) is 2.62. The fourth-order valence-electron chi connectivity index (χ4n) is 1.78. The normalized spacial score (nSPS) is 10.3. The van der Waals surface area contributed by atoms with E-state index in [1.165, 1.54) is 11.3 Å². The first kappa shape index (κ1) is 14.3. The zero-order valence-electron chi connectivity index (χ0n) is 11.7. The van der Waals surface area contributed by atoms with Crippen molar-refractivity contribution in [1.29, 1.82) is 0 Å². The fraction of sp³-hybridized carbons (Fsp3) is 0.286. The number of aromatic carboxylic acids is 1. The number of thiazole rings is 1. The van der Waals surface area contributed by atoms with Crippen LogP contribution in [0.1, 0.15) is 22.3 Å². The molecular weight excluding hydrogens is 274 g/mol. The Bertz CT molecular complexity index is 605. The molecule has 6 heteroatoms. The number of rotatable bonds is 5. The summed E-state index contributed by atoms with van der Waals surface area (Å²) in [4.78, 5) is 17.7. The molecule has 0 radical (unpaired) electrons. The van der Waals surface area contributed by atoms with Crippen molar-refractivity contribution in [3.05, 3.63) is 34.8 Å². The van der Waals surface area contributed by atoms with E-state index in [1.807, 2.05) is 50.2 Å². The van der Waals surface area contributed by atoms with E-state index in [1.54, 1.807) is 0 Å². The molecule has 1 aromatic heterocycles. The maximum Gasteiger partial charge on any atom is 0.347 e. The Morgan fingerprint density at radius 3 is 2.45 bits per heavy atom. The number of carbonyl (C=O) groups is 1. The van der Waals surface area contributed by atoms with Gasteiger partial charge in [-0.3, -0.25) is 0 Å². The molecule has 0 aliphatic carbocycles. The van der Waals surface area contributed by atoms with Crippen LogP contribution in [0, 0.1) is 0 Å². The molecule has 0 spiro atoms. The number of hydrogen-bond donors (Lipinski definition) is 2. The first-order chi connectivity index (χ1) is 9.51. The summed E-state index contributed by atoms with van der Waals surface area (Å²) in [7, 11) is 3.96. The third-order valence-electron chi connectivity index (χ3n) is 2.86. The van der Waals surface area contributed by atoms with E-state index < -0.39 is 5.97 Å². The van der Waals surface area contributed by atoms with Crippen LogP contribution in [0.15, 0.2) is 24.3 Å². The highest BCUT2D eigenvalue weighted by molar-refractivity contribution is 7.17. The largest absolute Gasteiger partial charge is 0.477 e. The van der Waals surface area contributed by atoms with Gasteiger partial charge in [0.05, 0.1) is 5.69 Å². The predicted octanol–water partition coefficient (Wildman–Crippen LogP) is 3.21. The Kier molecular flexibility index (Phi) is 4.24. The van der Waals surface area contributed by atoms with Crippen LogP contribution < -0.4 is 10.2 Å². The molecule has 1 aromatic carbocycles. The van der Waals surface area contributed by atoms with E-state index in [4.69, 9.17) is 5.11 Å². The monoisotopic (exact) mass is 291 g/mol. The minimum Gasteiger partial charge on any atom is -0.477 e. The Labute approximate surface area is 121 Å². The summed E-state index contributed by atoms with van der Waals surface area (Å²) in [6, 6.07) is 7.88. The zero-order valence-corrected chi connectivity index (χ0v) is 12.5. The molecule has 1 heterocycles. The molecule has 2 rings (SSSR count). The zero-order chi connectivity index (χ0) is 14.7. The molecule has 0 fully saturated rings. The van der Waals surface area contributed by atoms with Crippen molar-refractivity contribution in [3.8, 4) is 0 Å². The topological polar surface area (TPSA) is 65.5 Å². The highest BCUT2D eigenvalue weighted by Gasteiger charge is 2.15. The summed E-state index contributed by atoms with van der Waals surface area (Å²) in [5.74, 6) is -0.921. The summed E-state index contributed by atoms with van der Waals surface area (Å²) in [6.07, 6.45) is 0.610. The molecule has 106 valence electrons. The molecule has 0 aliphatic rings. The average Bonchev–Trinajstić information content (AvgIpc) is 2.82. The summed E-state index contributed by atoms with van der Waals surface area (Å²) in [6.45, 7) is 1.90. The van der Waals surface area contributed by atoms with Crippen molar-refractivity contribution < 1.29 is 9.90 Å². The lowest BCUT2D eigenvalue weighted by Gasteiger charge is -2.12. The SMILES string of the molecule is CCc1nc(Nc2ccc(N(C)C)cc2)sc1C(=O)O. The van der Waals surface area contributed by atoms with E-state index in [0.717, 1.165) is 11.4 Å². The van der Waals surface area contributed by atoms with E-state index in [0.29, 0.717) is 22.1 Å². The van der Waals surface area contributed by atoms with Crippen molar-refractivity contribution in [1.82, 2.24) is 4.98 Å². The van der Waals surface area contributed by atoms with Gasteiger partial charge in [-0.25, -0.2) is 9.78 Å². The number of carboxylic acids is 1. The number of anilines is 3. The lowest BCUT2D eigenvalue weighted by atomic mass is 10.2. The van der Waals surface area contributed by atoms with Crippen molar-refractivity contribution in [2.75, 3.05) is 24.3 Å². The van der Waals surface area contributed by atoms with Crippen molar-refractivity contribution in [2.24, 2.45) is 0 Å². The van der Waals surface area contributed by atoms with Gasteiger partial charge in [-0.15, -0.1) is 0 Å². The number of aryl methyl sites for hydroxylation is 1.